The first-order valence-electron chi connectivity index (χ1n) is 5.69. The Bertz CT molecular complexity index is 483. The zero-order valence-electron chi connectivity index (χ0n) is 10.1. The molecule has 0 amide bonds. The minimum absolute atomic E-state index is 0.0373. The van der Waals surface area contributed by atoms with E-state index in [0.717, 1.165) is 0 Å². The minimum Gasteiger partial charge on any atom is -0.423 e. The standard InChI is InChI=1S/C14H14O4/c1-9(2)14(16)18-11-5-3-10(4-6-11)13(15)7-12-8-17-12/h3-6,12H,1,7-8H2,2H3. The zero-order valence-corrected chi connectivity index (χ0v) is 10.1. The molecule has 1 aliphatic rings. The average Bonchev–Trinajstić information content (AvgIpc) is 3.13. The third-order valence-electron chi connectivity index (χ3n) is 2.55. The molecule has 1 aliphatic heterocycles. The monoisotopic (exact) mass is 246 g/mol. The maximum atomic E-state index is 11.7. The molecule has 0 radical (unpaired) electrons. The smallest absolute Gasteiger partial charge is 0.338 e. The van der Waals surface area contributed by atoms with Crippen molar-refractivity contribution in [3.05, 3.63) is 42.0 Å². The van der Waals surface area contributed by atoms with E-state index in [2.05, 4.69) is 6.58 Å². The maximum absolute atomic E-state index is 11.7. The highest BCUT2D eigenvalue weighted by Crippen LogP contribution is 2.19. The Morgan fingerprint density at radius 3 is 2.50 bits per heavy atom. The number of ketones is 1. The van der Waals surface area contributed by atoms with Crippen molar-refractivity contribution in [2.75, 3.05) is 6.61 Å². The second-order valence-corrected chi connectivity index (χ2v) is 4.28. The number of carbonyl (C=O) groups excluding carboxylic acids is 2. The molecule has 0 saturated carbocycles. The third-order valence-corrected chi connectivity index (χ3v) is 2.55. The van der Waals surface area contributed by atoms with Gasteiger partial charge in [0.1, 0.15) is 5.75 Å². The Balaban J connectivity index is 1.98. The fourth-order valence-electron chi connectivity index (χ4n) is 1.41. The van der Waals surface area contributed by atoms with Crippen molar-refractivity contribution < 1.29 is 19.1 Å². The predicted molar refractivity (Wildman–Crippen MR) is 65.6 cm³/mol. The highest BCUT2D eigenvalue weighted by Gasteiger charge is 2.26. The largest absolute Gasteiger partial charge is 0.423 e. The van der Waals surface area contributed by atoms with Crippen molar-refractivity contribution >= 4 is 11.8 Å². The Labute approximate surface area is 105 Å². The summed E-state index contributed by atoms with van der Waals surface area (Å²) in [5, 5.41) is 0. The summed E-state index contributed by atoms with van der Waals surface area (Å²) in [5.41, 5.74) is 0.932. The molecule has 1 aromatic carbocycles. The summed E-state index contributed by atoms with van der Waals surface area (Å²) in [7, 11) is 0. The highest BCUT2D eigenvalue weighted by atomic mass is 16.6. The van der Waals surface area contributed by atoms with E-state index in [1.165, 1.54) is 0 Å². The lowest BCUT2D eigenvalue weighted by atomic mass is 10.1. The van der Waals surface area contributed by atoms with Crippen molar-refractivity contribution in [2.45, 2.75) is 19.4 Å². The number of hydrogen-bond donors (Lipinski definition) is 0. The second kappa shape index (κ2) is 5.14. The molecule has 0 aliphatic carbocycles. The molecule has 0 aromatic heterocycles. The summed E-state index contributed by atoms with van der Waals surface area (Å²) >= 11 is 0. The van der Waals surface area contributed by atoms with Crippen molar-refractivity contribution in [3.8, 4) is 5.75 Å². The van der Waals surface area contributed by atoms with E-state index in [1.54, 1.807) is 31.2 Å². The van der Waals surface area contributed by atoms with Crippen LogP contribution < -0.4 is 4.74 Å². The second-order valence-electron chi connectivity index (χ2n) is 4.28. The van der Waals surface area contributed by atoms with Gasteiger partial charge in [-0.25, -0.2) is 4.79 Å². The molecule has 1 heterocycles. The summed E-state index contributed by atoms with van der Waals surface area (Å²) in [6, 6.07) is 6.49. The SMILES string of the molecule is C=C(C)C(=O)Oc1ccc(C(=O)CC2CO2)cc1. The van der Waals surface area contributed by atoms with E-state index in [1.807, 2.05) is 0 Å². The van der Waals surface area contributed by atoms with Crippen LogP contribution >= 0.6 is 0 Å². The highest BCUT2D eigenvalue weighted by molar-refractivity contribution is 5.96. The van der Waals surface area contributed by atoms with Gasteiger partial charge in [-0.05, 0) is 31.2 Å². The first-order chi connectivity index (χ1) is 8.56. The number of rotatable bonds is 5. The molecule has 4 heteroatoms. The summed E-state index contributed by atoms with van der Waals surface area (Å²) in [5.74, 6) is -0.0297. The summed E-state index contributed by atoms with van der Waals surface area (Å²) < 4.78 is 10.0. The number of carbonyl (C=O) groups is 2. The molecule has 0 bridgehead atoms. The van der Waals surface area contributed by atoms with Crippen LogP contribution in [0.5, 0.6) is 5.75 Å². The van der Waals surface area contributed by atoms with Crippen molar-refractivity contribution in [3.63, 3.8) is 0 Å². The van der Waals surface area contributed by atoms with Gasteiger partial charge in [0, 0.05) is 17.6 Å². The van der Waals surface area contributed by atoms with E-state index in [-0.39, 0.29) is 11.9 Å². The van der Waals surface area contributed by atoms with Crippen LogP contribution in [-0.4, -0.2) is 24.5 Å². The van der Waals surface area contributed by atoms with Crippen LogP contribution in [0, 0.1) is 0 Å². The lowest BCUT2D eigenvalue weighted by molar-refractivity contribution is -0.130. The van der Waals surface area contributed by atoms with Crippen molar-refractivity contribution in [2.24, 2.45) is 0 Å². The number of ether oxygens (including phenoxy) is 2. The molecule has 1 saturated heterocycles. The van der Waals surface area contributed by atoms with Crippen molar-refractivity contribution in [1.82, 2.24) is 0 Å². The van der Waals surface area contributed by atoms with E-state index >= 15 is 0 Å². The number of esters is 1. The first-order valence-corrected chi connectivity index (χ1v) is 5.69. The Kier molecular flexibility index (Phi) is 3.58. The van der Waals surface area contributed by atoms with Crippen LogP contribution in [-0.2, 0) is 9.53 Å². The fourth-order valence-corrected chi connectivity index (χ4v) is 1.41. The quantitative estimate of drug-likeness (QED) is 0.262. The molecule has 1 atom stereocenters. The predicted octanol–water partition coefficient (Wildman–Crippen LogP) is 2.14. The van der Waals surface area contributed by atoms with Gasteiger partial charge in [0.05, 0.1) is 12.7 Å². The van der Waals surface area contributed by atoms with E-state index in [4.69, 9.17) is 9.47 Å². The molecule has 1 aromatic rings. The normalized spacial score (nSPS) is 17.1. The van der Waals surface area contributed by atoms with E-state index in [0.29, 0.717) is 29.9 Å². The van der Waals surface area contributed by atoms with Gasteiger partial charge in [0.25, 0.3) is 0 Å². The number of Topliss-reactive ketones (excluding diaryl/α,β-unsaturated/α-hetero) is 1. The van der Waals surface area contributed by atoms with E-state index in [9.17, 15) is 9.59 Å². The van der Waals surface area contributed by atoms with Gasteiger partial charge >= 0.3 is 5.97 Å². The molecule has 2 rings (SSSR count). The van der Waals surface area contributed by atoms with Gasteiger partial charge in [-0.1, -0.05) is 6.58 Å². The molecule has 0 spiro atoms. The van der Waals surface area contributed by atoms with Crippen molar-refractivity contribution in [1.29, 1.82) is 0 Å². The Morgan fingerprint density at radius 2 is 2.00 bits per heavy atom. The van der Waals surface area contributed by atoms with Crippen LogP contribution in [0.15, 0.2) is 36.4 Å². The average molecular weight is 246 g/mol. The first kappa shape index (κ1) is 12.5. The number of benzene rings is 1. The van der Waals surface area contributed by atoms with Gasteiger partial charge in [0.15, 0.2) is 5.78 Å². The Hall–Kier alpha value is -1.94. The maximum Gasteiger partial charge on any atom is 0.338 e. The minimum atomic E-state index is -0.472. The summed E-state index contributed by atoms with van der Waals surface area (Å²) in [6.45, 7) is 5.74. The van der Waals surface area contributed by atoms with Crippen LogP contribution in [0.4, 0.5) is 0 Å². The molecule has 18 heavy (non-hydrogen) atoms. The summed E-state index contributed by atoms with van der Waals surface area (Å²) in [6.07, 6.45) is 0.490. The fraction of sp³-hybridized carbons (Fsp3) is 0.286. The van der Waals surface area contributed by atoms with Gasteiger partial charge in [0.2, 0.25) is 0 Å². The number of hydrogen-bond acceptors (Lipinski definition) is 4. The van der Waals surface area contributed by atoms with Gasteiger partial charge in [-0.15, -0.1) is 0 Å². The summed E-state index contributed by atoms with van der Waals surface area (Å²) in [4.78, 5) is 23.0. The van der Waals surface area contributed by atoms with Crippen LogP contribution in [0.25, 0.3) is 0 Å². The lowest BCUT2D eigenvalue weighted by Crippen LogP contribution is -2.08. The van der Waals surface area contributed by atoms with Gasteiger partial charge in [-0.2, -0.15) is 0 Å². The van der Waals surface area contributed by atoms with Crippen LogP contribution in [0.2, 0.25) is 0 Å². The molecule has 94 valence electrons. The van der Waals surface area contributed by atoms with E-state index < -0.39 is 5.97 Å². The molecular formula is C14H14O4. The molecule has 1 fully saturated rings. The topological polar surface area (TPSA) is 55.9 Å². The van der Waals surface area contributed by atoms with Crippen LogP contribution in [0.3, 0.4) is 0 Å². The molecule has 4 nitrogen and oxygen atoms in total. The lowest BCUT2D eigenvalue weighted by Gasteiger charge is -2.04. The number of epoxide rings is 1. The molecule has 0 N–H and O–H groups in total. The third kappa shape index (κ3) is 3.28. The van der Waals surface area contributed by atoms with Gasteiger partial charge < -0.3 is 9.47 Å². The molecule has 1 unspecified atom stereocenters. The Morgan fingerprint density at radius 1 is 1.39 bits per heavy atom. The zero-order chi connectivity index (χ0) is 13.1. The van der Waals surface area contributed by atoms with Gasteiger partial charge in [-0.3, -0.25) is 4.79 Å². The molecular weight excluding hydrogens is 232 g/mol. The van der Waals surface area contributed by atoms with Crippen LogP contribution in [0.1, 0.15) is 23.7 Å².